The van der Waals surface area contributed by atoms with Crippen molar-refractivity contribution in [2.45, 2.75) is 67.3 Å². The fraction of sp³-hybridized carbons (Fsp3) is 0.407. The number of ether oxygens (including phenoxy) is 2. The molecule has 9 heteroatoms. The number of esters is 2. The van der Waals surface area contributed by atoms with E-state index in [1.807, 2.05) is 6.07 Å². The van der Waals surface area contributed by atoms with Crippen molar-refractivity contribution in [3.63, 3.8) is 0 Å². The molecule has 0 radical (unpaired) electrons. The van der Waals surface area contributed by atoms with E-state index in [1.54, 1.807) is 66.7 Å². The van der Waals surface area contributed by atoms with E-state index < -0.39 is 28.8 Å². The summed E-state index contributed by atoms with van der Waals surface area (Å²) in [5, 5.41) is 3.47. The molecule has 0 spiro atoms. The highest BCUT2D eigenvalue weighted by molar-refractivity contribution is 5.90. The molecule has 0 aliphatic carbocycles. The van der Waals surface area contributed by atoms with Gasteiger partial charge in [-0.05, 0) is 84.4 Å². The van der Waals surface area contributed by atoms with Gasteiger partial charge >= 0.3 is 11.9 Å². The van der Waals surface area contributed by atoms with Crippen LogP contribution in [-0.2, 0) is 27.5 Å². The maximum Gasteiger partial charge on any atom is 0.341 e. The van der Waals surface area contributed by atoms with Crippen molar-refractivity contribution in [1.29, 1.82) is 0 Å². The zero-order valence-electron chi connectivity index (χ0n) is 21.7. The van der Waals surface area contributed by atoms with Gasteiger partial charge in [-0.1, -0.05) is 6.07 Å². The first kappa shape index (κ1) is 26.8. The van der Waals surface area contributed by atoms with E-state index in [4.69, 9.17) is 9.47 Å². The largest absolute Gasteiger partial charge is 0.456 e. The second-order valence-corrected chi connectivity index (χ2v) is 10.6. The molecular weight excluding hydrogens is 465 g/mol. The molecule has 192 valence electrons. The molecule has 36 heavy (non-hydrogen) atoms. The van der Waals surface area contributed by atoms with Gasteiger partial charge in [-0.25, -0.2) is 14.2 Å². The van der Waals surface area contributed by atoms with Crippen molar-refractivity contribution >= 4 is 28.5 Å². The molecule has 2 aromatic carbocycles. The molecule has 0 amide bonds. The molecule has 0 aliphatic rings. The number of hydrogen-bond donors (Lipinski definition) is 1. The van der Waals surface area contributed by atoms with Crippen LogP contribution in [0.5, 0.6) is 0 Å². The average Bonchev–Trinajstić information content (AvgIpc) is 2.75. The lowest BCUT2D eigenvalue weighted by Crippen LogP contribution is -2.29. The number of benzene rings is 2. The van der Waals surface area contributed by atoms with Crippen LogP contribution in [0.4, 0.5) is 10.1 Å². The Labute approximate surface area is 209 Å². The fourth-order valence-corrected chi connectivity index (χ4v) is 3.31. The number of rotatable bonds is 6. The maximum absolute atomic E-state index is 14.5. The van der Waals surface area contributed by atoms with Crippen LogP contribution in [0, 0.1) is 18.2 Å². The van der Waals surface area contributed by atoms with Crippen molar-refractivity contribution in [3.05, 3.63) is 69.5 Å². The third-order valence-corrected chi connectivity index (χ3v) is 5.23. The van der Waals surface area contributed by atoms with Crippen LogP contribution >= 0.6 is 0 Å². The Morgan fingerprint density at radius 1 is 1.06 bits per heavy atom. The van der Waals surface area contributed by atoms with Gasteiger partial charge in [-0.3, -0.25) is 14.2 Å². The third kappa shape index (κ3) is 6.47. The predicted octanol–water partition coefficient (Wildman–Crippen LogP) is 4.96. The lowest BCUT2D eigenvalue weighted by Gasteiger charge is -2.19. The van der Waals surface area contributed by atoms with Gasteiger partial charge in [0.25, 0.3) is 5.56 Å². The zero-order valence-corrected chi connectivity index (χ0v) is 21.7. The highest BCUT2D eigenvalue weighted by Gasteiger charge is 2.24. The van der Waals surface area contributed by atoms with Crippen LogP contribution in [0.15, 0.2) is 41.2 Å². The SMILES string of the molecule is Cc1nc2ccc(CNc3ccc(C(=O)OC(C)(C)C)c(F)c3)cc2c(=O)n1COC(=O)C(C)(C)C. The molecule has 0 unspecified atom stereocenters. The van der Waals surface area contributed by atoms with Crippen molar-refractivity contribution in [3.8, 4) is 0 Å². The van der Waals surface area contributed by atoms with Gasteiger partial charge in [0.1, 0.15) is 17.2 Å². The summed E-state index contributed by atoms with van der Waals surface area (Å²) in [6, 6.07) is 9.43. The van der Waals surface area contributed by atoms with Crippen LogP contribution in [0.1, 0.15) is 63.3 Å². The van der Waals surface area contributed by atoms with Gasteiger partial charge < -0.3 is 14.8 Å². The Kier molecular flexibility index (Phi) is 7.52. The molecule has 0 aliphatic heterocycles. The molecule has 1 aromatic heterocycles. The Hall–Kier alpha value is -3.75. The Bertz CT molecular complexity index is 1370. The monoisotopic (exact) mass is 497 g/mol. The maximum atomic E-state index is 14.5. The lowest BCUT2D eigenvalue weighted by atomic mass is 9.98. The van der Waals surface area contributed by atoms with E-state index in [0.29, 0.717) is 29.0 Å². The van der Waals surface area contributed by atoms with Crippen LogP contribution < -0.4 is 10.9 Å². The summed E-state index contributed by atoms with van der Waals surface area (Å²) in [5.41, 5.74) is -0.132. The van der Waals surface area contributed by atoms with Gasteiger partial charge in [0.05, 0.1) is 21.9 Å². The summed E-state index contributed by atoms with van der Waals surface area (Å²) in [6.45, 7) is 12.1. The number of fused-ring (bicyclic) bond motifs is 1. The Morgan fingerprint density at radius 2 is 1.75 bits per heavy atom. The molecule has 0 saturated heterocycles. The smallest absolute Gasteiger partial charge is 0.341 e. The molecule has 0 atom stereocenters. The highest BCUT2D eigenvalue weighted by atomic mass is 19.1. The number of carbonyl (C=O) groups excluding carboxylic acids is 2. The van der Waals surface area contributed by atoms with Crippen LogP contribution in [0.25, 0.3) is 10.9 Å². The number of carbonyl (C=O) groups is 2. The van der Waals surface area contributed by atoms with Gasteiger partial charge in [-0.15, -0.1) is 0 Å². The minimum absolute atomic E-state index is 0.143. The quantitative estimate of drug-likeness (QED) is 0.481. The normalized spacial score (nSPS) is 11.9. The first-order chi connectivity index (χ1) is 16.7. The molecule has 1 N–H and O–H groups in total. The summed E-state index contributed by atoms with van der Waals surface area (Å²) in [6.07, 6.45) is 0. The van der Waals surface area contributed by atoms with E-state index in [2.05, 4.69) is 10.3 Å². The third-order valence-electron chi connectivity index (χ3n) is 5.23. The first-order valence-corrected chi connectivity index (χ1v) is 11.6. The summed E-state index contributed by atoms with van der Waals surface area (Å²) < 4.78 is 26.4. The average molecular weight is 498 g/mol. The van der Waals surface area contributed by atoms with Gasteiger partial charge in [0.2, 0.25) is 0 Å². The van der Waals surface area contributed by atoms with Crippen molar-refractivity contribution in [2.75, 3.05) is 5.32 Å². The molecule has 0 fully saturated rings. The molecule has 3 rings (SSSR count). The van der Waals surface area contributed by atoms with E-state index in [-0.39, 0.29) is 17.9 Å². The predicted molar refractivity (Wildman–Crippen MR) is 135 cm³/mol. The molecule has 0 saturated carbocycles. The van der Waals surface area contributed by atoms with Gasteiger partial charge in [0.15, 0.2) is 6.73 Å². The number of halogens is 1. The summed E-state index contributed by atoms with van der Waals surface area (Å²) in [4.78, 5) is 41.8. The molecular formula is C27H32FN3O5. The number of hydrogen-bond acceptors (Lipinski definition) is 7. The van der Waals surface area contributed by atoms with Crippen molar-refractivity contribution in [2.24, 2.45) is 5.41 Å². The topological polar surface area (TPSA) is 99.5 Å². The second kappa shape index (κ2) is 10.1. The Balaban J connectivity index is 1.78. The number of nitrogens with one attached hydrogen (secondary N) is 1. The minimum atomic E-state index is -0.728. The summed E-state index contributed by atoms with van der Waals surface area (Å²) in [5.74, 6) is -1.41. The van der Waals surface area contributed by atoms with Gasteiger partial charge in [0, 0.05) is 12.2 Å². The van der Waals surface area contributed by atoms with E-state index in [1.165, 1.54) is 16.7 Å². The summed E-state index contributed by atoms with van der Waals surface area (Å²) >= 11 is 0. The number of anilines is 1. The Morgan fingerprint density at radius 3 is 2.36 bits per heavy atom. The minimum Gasteiger partial charge on any atom is -0.456 e. The highest BCUT2D eigenvalue weighted by Crippen LogP contribution is 2.20. The van der Waals surface area contributed by atoms with Crippen molar-refractivity contribution in [1.82, 2.24) is 9.55 Å². The lowest BCUT2D eigenvalue weighted by molar-refractivity contribution is -0.157. The van der Waals surface area contributed by atoms with Crippen LogP contribution in [0.2, 0.25) is 0 Å². The standard InChI is InChI=1S/C27H32FN3O5/c1-16-30-22-11-8-17(12-20(22)23(32)31(16)15-35-25(34)26(2,3)4)14-29-18-9-10-19(21(28)13-18)24(33)36-27(5,6)7/h8-13,29H,14-15H2,1-7H3. The van der Waals surface area contributed by atoms with E-state index >= 15 is 0 Å². The number of aromatic nitrogens is 2. The van der Waals surface area contributed by atoms with E-state index in [9.17, 15) is 18.8 Å². The van der Waals surface area contributed by atoms with Gasteiger partial charge in [-0.2, -0.15) is 0 Å². The zero-order chi connectivity index (χ0) is 26.8. The second-order valence-electron chi connectivity index (χ2n) is 10.6. The summed E-state index contributed by atoms with van der Waals surface area (Å²) in [7, 11) is 0. The molecule has 8 nitrogen and oxygen atoms in total. The van der Waals surface area contributed by atoms with Crippen LogP contribution in [0.3, 0.4) is 0 Å². The molecule has 3 aromatic rings. The number of aryl methyl sites for hydroxylation is 1. The number of nitrogens with zero attached hydrogens (tertiary/aromatic N) is 2. The van der Waals surface area contributed by atoms with E-state index in [0.717, 1.165) is 5.56 Å². The van der Waals surface area contributed by atoms with Crippen molar-refractivity contribution < 1.29 is 23.5 Å². The first-order valence-electron chi connectivity index (χ1n) is 11.6. The fourth-order valence-electron chi connectivity index (χ4n) is 3.31. The molecule has 0 bridgehead atoms. The molecule has 1 heterocycles. The van der Waals surface area contributed by atoms with Crippen LogP contribution in [-0.4, -0.2) is 27.1 Å².